The molecule has 1 aliphatic heterocycles. The lowest BCUT2D eigenvalue weighted by Gasteiger charge is -2.17. The Bertz CT molecular complexity index is 1160. The summed E-state index contributed by atoms with van der Waals surface area (Å²) in [5, 5.41) is 7.09. The Labute approximate surface area is 190 Å². The number of hydrogen-bond acceptors (Lipinski definition) is 6. The molecule has 0 bridgehead atoms. The van der Waals surface area contributed by atoms with Crippen LogP contribution in [0.1, 0.15) is 23.7 Å². The van der Waals surface area contributed by atoms with Crippen LogP contribution in [0.3, 0.4) is 0 Å². The Morgan fingerprint density at radius 2 is 1.82 bits per heavy atom. The number of carbonyl (C=O) groups is 3. The summed E-state index contributed by atoms with van der Waals surface area (Å²) in [6.07, 6.45) is 1.43. The Balaban J connectivity index is 1.57. The van der Waals surface area contributed by atoms with Crippen LogP contribution in [0.5, 0.6) is 5.75 Å². The topological polar surface area (TPSA) is 103 Å². The van der Waals surface area contributed by atoms with Gasteiger partial charge in [0, 0.05) is 18.7 Å². The maximum atomic E-state index is 13.1. The quantitative estimate of drug-likeness (QED) is 0.558. The van der Waals surface area contributed by atoms with Crippen LogP contribution in [-0.4, -0.2) is 47.8 Å². The molecule has 1 N–H and O–H groups in total. The van der Waals surface area contributed by atoms with Gasteiger partial charge in [-0.3, -0.25) is 9.59 Å². The number of ether oxygens (including phenoxy) is 2. The van der Waals surface area contributed by atoms with Crippen LogP contribution >= 0.6 is 0 Å². The van der Waals surface area contributed by atoms with Gasteiger partial charge < -0.3 is 19.7 Å². The summed E-state index contributed by atoms with van der Waals surface area (Å²) in [4.78, 5) is 39.8. The first kappa shape index (κ1) is 22.1. The first-order valence-electron chi connectivity index (χ1n) is 10.6. The number of hydrogen-bond donors (Lipinski definition) is 1. The van der Waals surface area contributed by atoms with E-state index in [2.05, 4.69) is 10.4 Å². The zero-order valence-electron chi connectivity index (χ0n) is 18.4. The lowest BCUT2D eigenvalue weighted by molar-refractivity contribution is -0.122. The fraction of sp³-hybridized carbons (Fsp3) is 0.250. The van der Waals surface area contributed by atoms with Crippen LogP contribution in [0.25, 0.3) is 5.69 Å². The zero-order valence-corrected chi connectivity index (χ0v) is 18.4. The van der Waals surface area contributed by atoms with Crippen LogP contribution in [0.4, 0.5) is 11.5 Å². The third-order valence-electron chi connectivity index (χ3n) is 5.39. The molecule has 1 fully saturated rings. The summed E-state index contributed by atoms with van der Waals surface area (Å²) >= 11 is 0. The molecule has 2 amide bonds. The SMILES string of the molecule is CCOC(=O)c1cnn(-c2ccccc2)c1NC(=O)C1CC(=O)N(c2ccc(OC)cc2)C1. The van der Waals surface area contributed by atoms with Gasteiger partial charge in [0.15, 0.2) is 5.82 Å². The van der Waals surface area contributed by atoms with Gasteiger partial charge in [-0.1, -0.05) is 18.2 Å². The lowest BCUT2D eigenvalue weighted by atomic mass is 10.1. The molecule has 1 aliphatic rings. The fourth-order valence-electron chi connectivity index (χ4n) is 3.71. The number of anilines is 2. The number of rotatable bonds is 7. The highest BCUT2D eigenvalue weighted by Gasteiger charge is 2.36. The van der Waals surface area contributed by atoms with E-state index in [-0.39, 0.29) is 42.8 Å². The second-order valence-corrected chi connectivity index (χ2v) is 7.47. The molecule has 1 aromatic heterocycles. The molecule has 1 unspecified atom stereocenters. The van der Waals surface area contributed by atoms with E-state index in [0.29, 0.717) is 17.1 Å². The van der Waals surface area contributed by atoms with Crippen molar-refractivity contribution in [3.63, 3.8) is 0 Å². The van der Waals surface area contributed by atoms with Crippen molar-refractivity contribution in [1.82, 2.24) is 9.78 Å². The van der Waals surface area contributed by atoms with Crippen LogP contribution in [0, 0.1) is 5.92 Å². The summed E-state index contributed by atoms with van der Waals surface area (Å²) in [6, 6.07) is 16.2. The van der Waals surface area contributed by atoms with Crippen molar-refractivity contribution in [1.29, 1.82) is 0 Å². The number of para-hydroxylation sites is 1. The Morgan fingerprint density at radius 1 is 1.09 bits per heavy atom. The average Bonchev–Trinajstić information content (AvgIpc) is 3.43. The number of esters is 1. The molecule has 0 saturated carbocycles. The standard InChI is InChI=1S/C24H24N4O5/c1-3-33-24(31)20-14-25-28(18-7-5-4-6-8-18)22(20)26-23(30)16-13-21(29)27(15-16)17-9-11-19(32-2)12-10-17/h4-12,14,16H,3,13,15H2,1-2H3,(H,26,30). The lowest BCUT2D eigenvalue weighted by Crippen LogP contribution is -2.29. The van der Waals surface area contributed by atoms with E-state index in [0.717, 1.165) is 0 Å². The minimum absolute atomic E-state index is 0.0616. The summed E-state index contributed by atoms with van der Waals surface area (Å²) in [5.41, 5.74) is 1.51. The van der Waals surface area contributed by atoms with Gasteiger partial charge in [0.2, 0.25) is 11.8 Å². The van der Waals surface area contributed by atoms with Crippen molar-refractivity contribution in [3.8, 4) is 11.4 Å². The molecular formula is C24H24N4O5. The van der Waals surface area contributed by atoms with Crippen molar-refractivity contribution in [2.24, 2.45) is 5.92 Å². The third-order valence-corrected chi connectivity index (χ3v) is 5.39. The fourth-order valence-corrected chi connectivity index (χ4v) is 3.71. The molecule has 1 saturated heterocycles. The molecule has 1 atom stereocenters. The minimum Gasteiger partial charge on any atom is -0.497 e. The van der Waals surface area contributed by atoms with Crippen molar-refractivity contribution < 1.29 is 23.9 Å². The van der Waals surface area contributed by atoms with E-state index in [1.165, 1.54) is 10.9 Å². The third kappa shape index (κ3) is 4.57. The molecule has 3 aromatic rings. The summed E-state index contributed by atoms with van der Waals surface area (Å²) < 4.78 is 11.8. The molecule has 2 aromatic carbocycles. The van der Waals surface area contributed by atoms with E-state index in [1.54, 1.807) is 43.2 Å². The molecule has 33 heavy (non-hydrogen) atoms. The smallest absolute Gasteiger partial charge is 0.343 e. The van der Waals surface area contributed by atoms with Gasteiger partial charge in [-0.05, 0) is 43.3 Å². The number of carbonyl (C=O) groups excluding carboxylic acids is 3. The summed E-state index contributed by atoms with van der Waals surface area (Å²) in [6.45, 7) is 2.12. The van der Waals surface area contributed by atoms with Gasteiger partial charge in [0.05, 0.1) is 31.5 Å². The number of aromatic nitrogens is 2. The maximum absolute atomic E-state index is 13.1. The summed E-state index contributed by atoms with van der Waals surface area (Å²) in [5.74, 6) is -0.809. The molecule has 4 rings (SSSR count). The van der Waals surface area contributed by atoms with Gasteiger partial charge >= 0.3 is 5.97 Å². The second-order valence-electron chi connectivity index (χ2n) is 7.47. The highest BCUT2D eigenvalue weighted by Crippen LogP contribution is 2.29. The van der Waals surface area contributed by atoms with Gasteiger partial charge in [-0.2, -0.15) is 5.10 Å². The number of amides is 2. The van der Waals surface area contributed by atoms with Crippen molar-refractivity contribution in [2.75, 3.05) is 30.5 Å². The number of benzene rings is 2. The number of nitrogens with zero attached hydrogens (tertiary/aromatic N) is 3. The van der Waals surface area contributed by atoms with Crippen molar-refractivity contribution >= 4 is 29.3 Å². The van der Waals surface area contributed by atoms with Crippen LogP contribution < -0.4 is 15.0 Å². The molecule has 0 aliphatic carbocycles. The Morgan fingerprint density at radius 3 is 2.48 bits per heavy atom. The normalized spacial score (nSPS) is 15.4. The largest absolute Gasteiger partial charge is 0.497 e. The van der Waals surface area contributed by atoms with Gasteiger partial charge in [0.25, 0.3) is 0 Å². The predicted molar refractivity (Wildman–Crippen MR) is 122 cm³/mol. The van der Waals surface area contributed by atoms with Crippen molar-refractivity contribution in [3.05, 3.63) is 66.4 Å². The molecule has 2 heterocycles. The highest BCUT2D eigenvalue weighted by atomic mass is 16.5. The van der Waals surface area contributed by atoms with Gasteiger partial charge in [-0.15, -0.1) is 0 Å². The molecule has 0 radical (unpaired) electrons. The molecular weight excluding hydrogens is 424 g/mol. The molecule has 0 spiro atoms. The molecule has 9 heteroatoms. The van der Waals surface area contributed by atoms with E-state index in [9.17, 15) is 14.4 Å². The molecule has 170 valence electrons. The number of nitrogens with one attached hydrogen (secondary N) is 1. The molecule has 9 nitrogen and oxygen atoms in total. The first-order valence-corrected chi connectivity index (χ1v) is 10.6. The monoisotopic (exact) mass is 448 g/mol. The van der Waals surface area contributed by atoms with E-state index < -0.39 is 11.9 Å². The van der Waals surface area contributed by atoms with E-state index in [1.807, 2.05) is 30.3 Å². The van der Waals surface area contributed by atoms with Gasteiger partial charge in [0.1, 0.15) is 11.3 Å². The van der Waals surface area contributed by atoms with Crippen LogP contribution in [0.15, 0.2) is 60.8 Å². The minimum atomic E-state index is -0.589. The predicted octanol–water partition coefficient (Wildman–Crippen LogP) is 3.05. The highest BCUT2D eigenvalue weighted by molar-refractivity contribution is 6.05. The van der Waals surface area contributed by atoms with E-state index in [4.69, 9.17) is 9.47 Å². The summed E-state index contributed by atoms with van der Waals surface area (Å²) in [7, 11) is 1.57. The van der Waals surface area contributed by atoms with Crippen LogP contribution in [0.2, 0.25) is 0 Å². The average molecular weight is 448 g/mol. The first-order chi connectivity index (χ1) is 16.0. The van der Waals surface area contributed by atoms with E-state index >= 15 is 0 Å². The number of methoxy groups -OCH3 is 1. The second kappa shape index (κ2) is 9.56. The zero-order chi connectivity index (χ0) is 23.4. The Kier molecular flexibility index (Phi) is 6.39. The maximum Gasteiger partial charge on any atom is 0.343 e. The van der Waals surface area contributed by atoms with Crippen LogP contribution in [-0.2, 0) is 14.3 Å². The van der Waals surface area contributed by atoms with Crippen molar-refractivity contribution in [2.45, 2.75) is 13.3 Å². The Hall–Kier alpha value is -4.14. The van der Waals surface area contributed by atoms with Gasteiger partial charge in [-0.25, -0.2) is 9.48 Å².